The van der Waals surface area contributed by atoms with Crippen LogP contribution in [0.25, 0.3) is 6.08 Å². The molecule has 0 saturated carbocycles. The van der Waals surface area contributed by atoms with Gasteiger partial charge in [0.25, 0.3) is 11.1 Å². The van der Waals surface area contributed by atoms with Crippen molar-refractivity contribution in [2.45, 2.75) is 13.5 Å². The van der Waals surface area contributed by atoms with E-state index >= 15 is 0 Å². The van der Waals surface area contributed by atoms with Crippen molar-refractivity contribution in [1.29, 1.82) is 0 Å². The van der Waals surface area contributed by atoms with Crippen molar-refractivity contribution in [3.05, 3.63) is 87.2 Å². The summed E-state index contributed by atoms with van der Waals surface area (Å²) in [6.07, 6.45) is 1.68. The summed E-state index contributed by atoms with van der Waals surface area (Å²) in [7, 11) is 1.50. The van der Waals surface area contributed by atoms with E-state index in [4.69, 9.17) is 14.2 Å². The number of nitrogens with zero attached hydrogens (tertiary/aromatic N) is 1. The molecule has 1 heterocycles. The van der Waals surface area contributed by atoms with Crippen LogP contribution in [0.3, 0.4) is 0 Å². The lowest BCUT2D eigenvalue weighted by Gasteiger charge is -2.15. The SMILES string of the molecule is CCOc1cc(/C=C2\SC(=O)N(c3ccccc3OC)C2=O)ccc1OCc1ccc(Br)cc1. The van der Waals surface area contributed by atoms with E-state index in [1.165, 1.54) is 7.11 Å². The maximum atomic E-state index is 13.1. The number of hydrogen-bond donors (Lipinski definition) is 0. The summed E-state index contributed by atoms with van der Waals surface area (Å²) < 4.78 is 18.1. The molecule has 3 aromatic rings. The summed E-state index contributed by atoms with van der Waals surface area (Å²) in [5, 5.41) is -0.375. The van der Waals surface area contributed by atoms with E-state index in [2.05, 4.69) is 15.9 Å². The van der Waals surface area contributed by atoms with Gasteiger partial charge < -0.3 is 14.2 Å². The van der Waals surface area contributed by atoms with Gasteiger partial charge in [-0.15, -0.1) is 0 Å². The second-order valence-corrected chi connectivity index (χ2v) is 9.15. The van der Waals surface area contributed by atoms with Gasteiger partial charge in [-0.25, -0.2) is 4.90 Å². The molecule has 0 bridgehead atoms. The zero-order chi connectivity index (χ0) is 24.1. The van der Waals surface area contributed by atoms with Crippen LogP contribution in [0, 0.1) is 0 Å². The second kappa shape index (κ2) is 10.8. The van der Waals surface area contributed by atoms with Gasteiger partial charge in [-0.2, -0.15) is 0 Å². The predicted octanol–water partition coefficient (Wildman–Crippen LogP) is 6.68. The van der Waals surface area contributed by atoms with E-state index in [0.29, 0.717) is 41.1 Å². The summed E-state index contributed by atoms with van der Waals surface area (Å²) in [6.45, 7) is 2.75. The molecule has 3 aromatic carbocycles. The maximum absolute atomic E-state index is 13.1. The van der Waals surface area contributed by atoms with Gasteiger partial charge in [0.15, 0.2) is 11.5 Å². The maximum Gasteiger partial charge on any atom is 0.298 e. The molecule has 6 nitrogen and oxygen atoms in total. The molecule has 34 heavy (non-hydrogen) atoms. The summed E-state index contributed by atoms with van der Waals surface area (Å²) in [4.78, 5) is 27.1. The third-order valence-electron chi connectivity index (χ3n) is 4.99. The first-order valence-electron chi connectivity index (χ1n) is 10.5. The van der Waals surface area contributed by atoms with E-state index < -0.39 is 5.91 Å². The number of carbonyl (C=O) groups is 2. The Bertz CT molecular complexity index is 1240. The van der Waals surface area contributed by atoms with Crippen molar-refractivity contribution >= 4 is 50.6 Å². The Balaban J connectivity index is 1.56. The van der Waals surface area contributed by atoms with Gasteiger partial charge in [0, 0.05) is 4.47 Å². The third kappa shape index (κ3) is 5.29. The fourth-order valence-corrected chi connectivity index (χ4v) is 4.48. The van der Waals surface area contributed by atoms with Crippen LogP contribution >= 0.6 is 27.7 Å². The molecule has 0 radical (unpaired) electrons. The quantitative estimate of drug-likeness (QED) is 0.297. The molecule has 0 atom stereocenters. The number of para-hydroxylation sites is 2. The number of thioether (sulfide) groups is 1. The van der Waals surface area contributed by atoms with Crippen LogP contribution in [0.2, 0.25) is 0 Å². The van der Waals surface area contributed by atoms with E-state index in [1.807, 2.05) is 37.3 Å². The zero-order valence-corrected chi connectivity index (χ0v) is 21.0. The Labute approximate surface area is 210 Å². The number of hydrogen-bond acceptors (Lipinski definition) is 6. The van der Waals surface area contributed by atoms with Crippen LogP contribution in [0.1, 0.15) is 18.1 Å². The van der Waals surface area contributed by atoms with E-state index in [9.17, 15) is 9.59 Å². The highest BCUT2D eigenvalue weighted by Gasteiger charge is 2.37. The Morgan fingerprint density at radius 1 is 0.941 bits per heavy atom. The number of ether oxygens (including phenoxy) is 3. The Morgan fingerprint density at radius 3 is 2.44 bits per heavy atom. The lowest BCUT2D eigenvalue weighted by Crippen LogP contribution is -2.28. The fraction of sp³-hybridized carbons (Fsp3) is 0.154. The molecule has 0 unspecified atom stereocenters. The largest absolute Gasteiger partial charge is 0.495 e. The van der Waals surface area contributed by atoms with Gasteiger partial charge in [0.1, 0.15) is 12.4 Å². The van der Waals surface area contributed by atoms with Crippen LogP contribution in [-0.4, -0.2) is 24.9 Å². The van der Waals surface area contributed by atoms with Crippen LogP contribution < -0.4 is 19.1 Å². The topological polar surface area (TPSA) is 65.1 Å². The fourth-order valence-electron chi connectivity index (χ4n) is 3.38. The lowest BCUT2D eigenvalue weighted by molar-refractivity contribution is -0.113. The molecule has 1 saturated heterocycles. The van der Waals surface area contributed by atoms with Crippen molar-refractivity contribution in [2.75, 3.05) is 18.6 Å². The van der Waals surface area contributed by atoms with Crippen LogP contribution in [-0.2, 0) is 11.4 Å². The highest BCUT2D eigenvalue weighted by atomic mass is 79.9. The molecule has 174 valence electrons. The van der Waals surface area contributed by atoms with Gasteiger partial charge in [0.05, 0.1) is 24.3 Å². The number of halogens is 1. The number of carbonyl (C=O) groups excluding carboxylic acids is 2. The zero-order valence-electron chi connectivity index (χ0n) is 18.6. The summed E-state index contributed by atoms with van der Waals surface area (Å²) >= 11 is 4.32. The summed E-state index contributed by atoms with van der Waals surface area (Å²) in [6, 6.07) is 20.3. The number of imide groups is 1. The molecule has 1 aliphatic rings. The Kier molecular flexibility index (Phi) is 7.59. The molecule has 0 aromatic heterocycles. The van der Waals surface area contributed by atoms with Gasteiger partial charge in [-0.05, 0) is 72.3 Å². The van der Waals surface area contributed by atoms with Gasteiger partial charge in [-0.3, -0.25) is 9.59 Å². The summed E-state index contributed by atoms with van der Waals surface area (Å²) in [5.74, 6) is 1.23. The molecule has 2 amide bonds. The monoisotopic (exact) mass is 539 g/mol. The molecule has 8 heteroatoms. The van der Waals surface area contributed by atoms with Crippen molar-refractivity contribution in [3.63, 3.8) is 0 Å². The molecule has 0 aliphatic carbocycles. The first-order chi connectivity index (χ1) is 16.5. The minimum absolute atomic E-state index is 0.321. The number of amides is 2. The highest BCUT2D eigenvalue weighted by molar-refractivity contribution is 9.10. The second-order valence-electron chi connectivity index (χ2n) is 7.24. The van der Waals surface area contributed by atoms with Crippen LogP contribution in [0.15, 0.2) is 76.1 Å². The Hall–Kier alpha value is -3.23. The Morgan fingerprint density at radius 2 is 1.71 bits per heavy atom. The molecule has 4 rings (SSSR count). The number of benzene rings is 3. The van der Waals surface area contributed by atoms with Gasteiger partial charge >= 0.3 is 0 Å². The smallest absolute Gasteiger partial charge is 0.298 e. The number of rotatable bonds is 8. The molecule has 0 N–H and O–H groups in total. The van der Waals surface area contributed by atoms with E-state index in [0.717, 1.165) is 32.3 Å². The van der Waals surface area contributed by atoms with E-state index in [-0.39, 0.29) is 5.24 Å². The van der Waals surface area contributed by atoms with Crippen molar-refractivity contribution in [1.82, 2.24) is 0 Å². The third-order valence-corrected chi connectivity index (χ3v) is 6.39. The number of anilines is 1. The van der Waals surface area contributed by atoms with Crippen LogP contribution in [0.5, 0.6) is 17.2 Å². The number of methoxy groups -OCH3 is 1. The predicted molar refractivity (Wildman–Crippen MR) is 138 cm³/mol. The van der Waals surface area contributed by atoms with Crippen molar-refractivity contribution < 1.29 is 23.8 Å². The molecular formula is C26H22BrNO5S. The molecular weight excluding hydrogens is 518 g/mol. The first kappa shape index (κ1) is 23.9. The minimum Gasteiger partial charge on any atom is -0.495 e. The standard InChI is InChI=1S/C26H22BrNO5S/c1-3-32-23-14-18(10-13-22(23)33-16-17-8-11-19(27)12-9-17)15-24-25(29)28(26(30)34-24)20-6-4-5-7-21(20)31-2/h4-15H,3,16H2,1-2H3/b24-15-. The average Bonchev–Trinajstić information content (AvgIpc) is 3.12. The molecule has 1 fully saturated rings. The molecule has 0 spiro atoms. The van der Waals surface area contributed by atoms with Gasteiger partial charge in [0.2, 0.25) is 0 Å². The van der Waals surface area contributed by atoms with Crippen LogP contribution in [0.4, 0.5) is 10.5 Å². The van der Waals surface area contributed by atoms with Crippen molar-refractivity contribution in [3.8, 4) is 17.2 Å². The highest BCUT2D eigenvalue weighted by Crippen LogP contribution is 2.40. The minimum atomic E-state index is -0.395. The molecule has 1 aliphatic heterocycles. The average molecular weight is 540 g/mol. The van der Waals surface area contributed by atoms with E-state index in [1.54, 1.807) is 42.5 Å². The first-order valence-corrected chi connectivity index (χ1v) is 12.2. The van der Waals surface area contributed by atoms with Gasteiger partial charge in [-0.1, -0.05) is 46.3 Å². The van der Waals surface area contributed by atoms with Crippen molar-refractivity contribution in [2.24, 2.45) is 0 Å². The lowest BCUT2D eigenvalue weighted by atomic mass is 10.1. The normalized spacial score (nSPS) is 14.6. The summed E-state index contributed by atoms with van der Waals surface area (Å²) in [5.41, 5.74) is 2.17.